The van der Waals surface area contributed by atoms with E-state index >= 15 is 0 Å². The summed E-state index contributed by atoms with van der Waals surface area (Å²) < 4.78 is 1.97. The Labute approximate surface area is 111 Å². The zero-order valence-electron chi connectivity index (χ0n) is 10.7. The second kappa shape index (κ2) is 4.69. The van der Waals surface area contributed by atoms with Crippen molar-refractivity contribution < 1.29 is 4.79 Å². The average molecular weight is 250 g/mol. The summed E-state index contributed by atoms with van der Waals surface area (Å²) in [6, 6.07) is 15.6. The van der Waals surface area contributed by atoms with E-state index in [2.05, 4.69) is 4.98 Å². The van der Waals surface area contributed by atoms with Gasteiger partial charge in [-0.05, 0) is 24.6 Å². The number of aromatic nitrogens is 2. The minimum atomic E-state index is -0.265. The molecule has 1 aromatic carbocycles. The smallest absolute Gasteiger partial charge is 0.143 e. The van der Waals surface area contributed by atoms with Crippen LogP contribution in [0.4, 0.5) is 0 Å². The number of ketones is 1. The molecule has 19 heavy (non-hydrogen) atoms. The van der Waals surface area contributed by atoms with Crippen LogP contribution in [-0.2, 0) is 4.79 Å². The quantitative estimate of drug-likeness (QED) is 0.716. The van der Waals surface area contributed by atoms with Crippen LogP contribution >= 0.6 is 0 Å². The number of carbonyl (C=O) groups is 1. The topological polar surface area (TPSA) is 34.4 Å². The Morgan fingerprint density at radius 2 is 1.84 bits per heavy atom. The molecule has 0 aliphatic rings. The fourth-order valence-electron chi connectivity index (χ4n) is 2.42. The van der Waals surface area contributed by atoms with Crippen LogP contribution in [0.1, 0.15) is 24.1 Å². The lowest BCUT2D eigenvalue weighted by atomic mass is 9.92. The zero-order chi connectivity index (χ0) is 13.2. The molecule has 2 heterocycles. The lowest BCUT2D eigenvalue weighted by Gasteiger charge is -2.14. The van der Waals surface area contributed by atoms with Crippen LogP contribution in [0.15, 0.2) is 60.9 Å². The summed E-state index contributed by atoms with van der Waals surface area (Å²) in [5.41, 5.74) is 2.77. The molecule has 0 amide bonds. The molecular formula is C16H14N2O. The largest absolute Gasteiger partial charge is 0.303 e. The molecule has 0 radical (unpaired) electrons. The lowest BCUT2D eigenvalue weighted by Crippen LogP contribution is -2.12. The van der Waals surface area contributed by atoms with Gasteiger partial charge in [-0.1, -0.05) is 36.4 Å². The molecule has 0 fully saturated rings. The van der Waals surface area contributed by atoms with Gasteiger partial charge in [0.15, 0.2) is 0 Å². The Morgan fingerprint density at radius 1 is 1.11 bits per heavy atom. The van der Waals surface area contributed by atoms with Gasteiger partial charge in [0.2, 0.25) is 0 Å². The molecule has 0 saturated heterocycles. The SMILES string of the molecule is CC(=O)C(c1ccccc1)c1cnc2ccccn12. The van der Waals surface area contributed by atoms with Gasteiger partial charge in [-0.2, -0.15) is 0 Å². The van der Waals surface area contributed by atoms with E-state index in [0.29, 0.717) is 0 Å². The van der Waals surface area contributed by atoms with Crippen LogP contribution in [-0.4, -0.2) is 15.2 Å². The van der Waals surface area contributed by atoms with Crippen LogP contribution < -0.4 is 0 Å². The van der Waals surface area contributed by atoms with Gasteiger partial charge in [-0.15, -0.1) is 0 Å². The maximum Gasteiger partial charge on any atom is 0.143 e. The van der Waals surface area contributed by atoms with E-state index in [1.807, 2.05) is 59.1 Å². The highest BCUT2D eigenvalue weighted by Crippen LogP contribution is 2.26. The Kier molecular flexibility index (Phi) is 2.88. The molecule has 0 aliphatic heterocycles. The summed E-state index contributed by atoms with van der Waals surface area (Å²) in [6.07, 6.45) is 3.73. The van der Waals surface area contributed by atoms with Gasteiger partial charge in [0, 0.05) is 6.20 Å². The first kappa shape index (κ1) is 11.7. The average Bonchev–Trinajstić information content (AvgIpc) is 2.84. The highest BCUT2D eigenvalue weighted by atomic mass is 16.1. The Hall–Kier alpha value is -2.42. The van der Waals surface area contributed by atoms with Gasteiger partial charge in [-0.25, -0.2) is 4.98 Å². The highest BCUT2D eigenvalue weighted by Gasteiger charge is 2.22. The number of benzene rings is 1. The Morgan fingerprint density at radius 3 is 2.58 bits per heavy atom. The molecular weight excluding hydrogens is 236 g/mol. The molecule has 3 aromatic rings. The van der Waals surface area contributed by atoms with Crippen molar-refractivity contribution in [1.29, 1.82) is 0 Å². The summed E-state index contributed by atoms with van der Waals surface area (Å²) in [6.45, 7) is 1.62. The number of Topliss-reactive ketones (excluding diaryl/α,β-unsaturated/α-hetero) is 1. The molecule has 0 aliphatic carbocycles. The van der Waals surface area contributed by atoms with E-state index < -0.39 is 0 Å². The molecule has 1 unspecified atom stereocenters. The predicted octanol–water partition coefficient (Wildman–Crippen LogP) is 3.06. The number of hydrogen-bond acceptors (Lipinski definition) is 2. The number of rotatable bonds is 3. The summed E-state index contributed by atoms with van der Waals surface area (Å²) in [4.78, 5) is 16.4. The molecule has 0 spiro atoms. The maximum absolute atomic E-state index is 12.0. The van der Waals surface area contributed by atoms with Crippen molar-refractivity contribution in [2.24, 2.45) is 0 Å². The van der Waals surface area contributed by atoms with E-state index in [4.69, 9.17) is 0 Å². The van der Waals surface area contributed by atoms with E-state index in [0.717, 1.165) is 16.9 Å². The van der Waals surface area contributed by atoms with E-state index in [1.54, 1.807) is 13.1 Å². The van der Waals surface area contributed by atoms with E-state index in [1.165, 1.54) is 0 Å². The Balaban J connectivity index is 2.18. The number of fused-ring (bicyclic) bond motifs is 1. The molecule has 0 N–H and O–H groups in total. The van der Waals surface area contributed by atoms with Crippen molar-refractivity contribution in [3.05, 3.63) is 72.2 Å². The molecule has 0 saturated carbocycles. The number of nitrogens with zero attached hydrogens (tertiary/aromatic N) is 2. The minimum absolute atomic E-state index is 0.122. The fraction of sp³-hybridized carbons (Fsp3) is 0.125. The molecule has 3 rings (SSSR count). The van der Waals surface area contributed by atoms with Crippen molar-refractivity contribution in [2.45, 2.75) is 12.8 Å². The maximum atomic E-state index is 12.0. The first-order chi connectivity index (χ1) is 9.27. The van der Waals surface area contributed by atoms with Gasteiger partial charge in [0.25, 0.3) is 0 Å². The zero-order valence-corrected chi connectivity index (χ0v) is 10.7. The standard InChI is InChI=1S/C16H14N2O/c1-12(19)16(13-7-3-2-4-8-13)14-11-17-15-9-5-6-10-18(14)15/h2-11,16H,1H3. The van der Waals surface area contributed by atoms with Crippen LogP contribution in [0.5, 0.6) is 0 Å². The van der Waals surface area contributed by atoms with Crippen molar-refractivity contribution in [3.63, 3.8) is 0 Å². The number of carbonyl (C=O) groups excluding carboxylic acids is 1. The van der Waals surface area contributed by atoms with Crippen LogP contribution in [0.3, 0.4) is 0 Å². The number of hydrogen-bond donors (Lipinski definition) is 0. The van der Waals surface area contributed by atoms with E-state index in [-0.39, 0.29) is 11.7 Å². The van der Waals surface area contributed by atoms with Gasteiger partial charge in [0.1, 0.15) is 11.4 Å². The normalized spacial score (nSPS) is 12.5. The first-order valence-corrected chi connectivity index (χ1v) is 6.25. The third-order valence-corrected chi connectivity index (χ3v) is 3.28. The molecule has 2 aromatic heterocycles. The second-order valence-corrected chi connectivity index (χ2v) is 4.57. The monoisotopic (exact) mass is 250 g/mol. The third kappa shape index (κ3) is 2.03. The Bertz CT molecular complexity index is 716. The van der Waals surface area contributed by atoms with Crippen LogP contribution in [0, 0.1) is 0 Å². The number of imidazole rings is 1. The van der Waals surface area contributed by atoms with Gasteiger partial charge in [-0.3, -0.25) is 4.79 Å². The molecule has 94 valence electrons. The third-order valence-electron chi connectivity index (χ3n) is 3.28. The first-order valence-electron chi connectivity index (χ1n) is 6.25. The summed E-state index contributed by atoms with van der Waals surface area (Å²) in [5.74, 6) is -0.143. The second-order valence-electron chi connectivity index (χ2n) is 4.57. The van der Waals surface area contributed by atoms with Gasteiger partial charge >= 0.3 is 0 Å². The summed E-state index contributed by atoms with van der Waals surface area (Å²) in [5, 5.41) is 0. The van der Waals surface area contributed by atoms with Crippen LogP contribution in [0.2, 0.25) is 0 Å². The lowest BCUT2D eigenvalue weighted by molar-refractivity contribution is -0.117. The summed E-state index contributed by atoms with van der Waals surface area (Å²) >= 11 is 0. The van der Waals surface area contributed by atoms with Crippen molar-refractivity contribution in [2.75, 3.05) is 0 Å². The van der Waals surface area contributed by atoms with Crippen molar-refractivity contribution in [3.8, 4) is 0 Å². The van der Waals surface area contributed by atoms with Gasteiger partial charge < -0.3 is 4.40 Å². The molecule has 1 atom stereocenters. The minimum Gasteiger partial charge on any atom is -0.303 e. The molecule has 3 nitrogen and oxygen atoms in total. The van der Waals surface area contributed by atoms with Crippen molar-refractivity contribution in [1.82, 2.24) is 9.38 Å². The molecule has 0 bridgehead atoms. The fourth-order valence-corrected chi connectivity index (χ4v) is 2.42. The van der Waals surface area contributed by atoms with Gasteiger partial charge in [0.05, 0.1) is 17.8 Å². The highest BCUT2D eigenvalue weighted by molar-refractivity contribution is 5.86. The number of pyridine rings is 1. The van der Waals surface area contributed by atoms with Crippen molar-refractivity contribution >= 4 is 11.4 Å². The summed E-state index contributed by atoms with van der Waals surface area (Å²) in [7, 11) is 0. The molecule has 3 heteroatoms. The van der Waals surface area contributed by atoms with E-state index in [9.17, 15) is 4.79 Å². The van der Waals surface area contributed by atoms with Crippen LogP contribution in [0.25, 0.3) is 5.65 Å². The predicted molar refractivity (Wildman–Crippen MR) is 74.2 cm³/mol.